The highest BCUT2D eigenvalue weighted by Crippen LogP contribution is 2.33. The standard InChI is InChI=1S/C22H23NO5/c1-13(16-10-17-14(2)12-28-20(17)11-19(16)26-4)8-22(24)23-18-7-6-15(25-3)9-21(18)27-5/h6-12H,1-5H3,(H,23,24)/b13-8+. The Labute approximate surface area is 163 Å². The number of aryl methyl sites for hydroxylation is 1. The molecule has 1 N–H and O–H groups in total. The van der Waals surface area contributed by atoms with E-state index < -0.39 is 0 Å². The molecule has 0 atom stereocenters. The number of rotatable bonds is 6. The summed E-state index contributed by atoms with van der Waals surface area (Å²) < 4.78 is 21.5. The number of hydrogen-bond donors (Lipinski definition) is 1. The molecule has 0 radical (unpaired) electrons. The van der Waals surface area contributed by atoms with Crippen molar-refractivity contribution >= 4 is 28.1 Å². The fourth-order valence-corrected chi connectivity index (χ4v) is 3.00. The van der Waals surface area contributed by atoms with Gasteiger partial charge in [-0.05, 0) is 43.2 Å². The van der Waals surface area contributed by atoms with Crippen LogP contribution in [0.1, 0.15) is 18.1 Å². The quantitative estimate of drug-likeness (QED) is 0.621. The summed E-state index contributed by atoms with van der Waals surface area (Å²) in [7, 11) is 4.71. The van der Waals surface area contributed by atoms with E-state index in [1.54, 1.807) is 45.8 Å². The number of nitrogens with one attached hydrogen (secondary N) is 1. The molecule has 3 aromatic rings. The van der Waals surface area contributed by atoms with E-state index in [0.29, 0.717) is 22.9 Å². The van der Waals surface area contributed by atoms with Crippen molar-refractivity contribution in [1.82, 2.24) is 0 Å². The number of amides is 1. The molecule has 146 valence electrons. The fourth-order valence-electron chi connectivity index (χ4n) is 3.00. The number of benzene rings is 2. The topological polar surface area (TPSA) is 69.9 Å². The molecule has 0 unspecified atom stereocenters. The fraction of sp³-hybridized carbons (Fsp3) is 0.227. The highest BCUT2D eigenvalue weighted by molar-refractivity contribution is 6.05. The highest BCUT2D eigenvalue weighted by atomic mass is 16.5. The van der Waals surface area contributed by atoms with Crippen molar-refractivity contribution in [3.05, 3.63) is 53.8 Å². The van der Waals surface area contributed by atoms with E-state index in [9.17, 15) is 4.79 Å². The zero-order valence-electron chi connectivity index (χ0n) is 16.6. The van der Waals surface area contributed by atoms with Gasteiger partial charge in [-0.25, -0.2) is 0 Å². The van der Waals surface area contributed by atoms with E-state index in [0.717, 1.165) is 27.7 Å². The number of furan rings is 1. The second kappa shape index (κ2) is 8.08. The van der Waals surface area contributed by atoms with Crippen LogP contribution in [0.5, 0.6) is 17.2 Å². The molecule has 0 aliphatic carbocycles. The molecule has 0 saturated heterocycles. The number of allylic oxidation sites excluding steroid dienone is 1. The van der Waals surface area contributed by atoms with E-state index in [4.69, 9.17) is 18.6 Å². The lowest BCUT2D eigenvalue weighted by Crippen LogP contribution is -2.10. The zero-order valence-corrected chi connectivity index (χ0v) is 16.6. The van der Waals surface area contributed by atoms with Gasteiger partial charge < -0.3 is 23.9 Å². The molecule has 6 heteroatoms. The van der Waals surface area contributed by atoms with E-state index >= 15 is 0 Å². The average molecular weight is 381 g/mol. The van der Waals surface area contributed by atoms with Gasteiger partial charge in [0.1, 0.15) is 22.8 Å². The third kappa shape index (κ3) is 3.81. The van der Waals surface area contributed by atoms with E-state index in [1.165, 1.54) is 6.08 Å². The van der Waals surface area contributed by atoms with Crippen LogP contribution in [-0.4, -0.2) is 27.2 Å². The summed E-state index contributed by atoms with van der Waals surface area (Å²) in [6, 6.07) is 9.01. The highest BCUT2D eigenvalue weighted by Gasteiger charge is 2.13. The number of carbonyl (C=O) groups is 1. The molecule has 1 aromatic heterocycles. The van der Waals surface area contributed by atoms with Gasteiger partial charge in [-0.2, -0.15) is 0 Å². The largest absolute Gasteiger partial charge is 0.497 e. The van der Waals surface area contributed by atoms with Crippen molar-refractivity contribution < 1.29 is 23.4 Å². The third-order valence-electron chi connectivity index (χ3n) is 4.53. The number of carbonyl (C=O) groups excluding carboxylic acids is 1. The predicted octanol–water partition coefficient (Wildman–Crippen LogP) is 4.81. The average Bonchev–Trinajstić information content (AvgIpc) is 3.07. The molecule has 2 aromatic carbocycles. The van der Waals surface area contributed by atoms with Gasteiger partial charge in [-0.3, -0.25) is 4.79 Å². The van der Waals surface area contributed by atoms with Crippen molar-refractivity contribution in [2.75, 3.05) is 26.6 Å². The molecular formula is C22H23NO5. The minimum atomic E-state index is -0.271. The predicted molar refractivity (Wildman–Crippen MR) is 109 cm³/mol. The van der Waals surface area contributed by atoms with Crippen LogP contribution in [0.4, 0.5) is 5.69 Å². The first-order chi connectivity index (χ1) is 13.5. The van der Waals surface area contributed by atoms with Gasteiger partial charge in [-0.1, -0.05) is 0 Å². The summed E-state index contributed by atoms with van der Waals surface area (Å²) in [4.78, 5) is 12.6. The molecule has 28 heavy (non-hydrogen) atoms. The van der Waals surface area contributed by atoms with Gasteiger partial charge in [-0.15, -0.1) is 0 Å². The Morgan fingerprint density at radius 3 is 2.46 bits per heavy atom. The van der Waals surface area contributed by atoms with Crippen LogP contribution in [-0.2, 0) is 4.79 Å². The Balaban J connectivity index is 1.90. The molecule has 3 rings (SSSR count). The third-order valence-corrected chi connectivity index (χ3v) is 4.53. The van der Waals surface area contributed by atoms with Crippen LogP contribution in [0.15, 0.2) is 47.1 Å². The molecule has 6 nitrogen and oxygen atoms in total. The van der Waals surface area contributed by atoms with Gasteiger partial charge in [0, 0.05) is 29.2 Å². The number of methoxy groups -OCH3 is 3. The summed E-state index contributed by atoms with van der Waals surface area (Å²) >= 11 is 0. The van der Waals surface area contributed by atoms with Crippen LogP contribution in [0.25, 0.3) is 16.5 Å². The maximum atomic E-state index is 12.6. The normalized spacial score (nSPS) is 11.4. The lowest BCUT2D eigenvalue weighted by molar-refractivity contribution is -0.111. The first-order valence-electron chi connectivity index (χ1n) is 8.74. The van der Waals surface area contributed by atoms with Crippen LogP contribution in [0, 0.1) is 6.92 Å². The number of anilines is 1. The van der Waals surface area contributed by atoms with Crippen molar-refractivity contribution in [2.45, 2.75) is 13.8 Å². The Hall–Kier alpha value is -3.41. The second-order valence-electron chi connectivity index (χ2n) is 6.35. The Morgan fingerprint density at radius 1 is 1.04 bits per heavy atom. The smallest absolute Gasteiger partial charge is 0.248 e. The van der Waals surface area contributed by atoms with Gasteiger partial charge >= 0.3 is 0 Å². The molecule has 0 bridgehead atoms. The minimum Gasteiger partial charge on any atom is -0.497 e. The summed E-state index contributed by atoms with van der Waals surface area (Å²) in [5, 5.41) is 3.83. The molecule has 0 aliphatic heterocycles. The summed E-state index contributed by atoms with van der Waals surface area (Å²) in [5.74, 6) is 1.54. The molecule has 1 heterocycles. The Bertz CT molecular complexity index is 1050. The van der Waals surface area contributed by atoms with E-state index in [2.05, 4.69) is 5.32 Å². The summed E-state index contributed by atoms with van der Waals surface area (Å²) in [6.07, 6.45) is 3.23. The van der Waals surface area contributed by atoms with Crippen LogP contribution >= 0.6 is 0 Å². The number of ether oxygens (including phenoxy) is 3. The van der Waals surface area contributed by atoms with Crippen LogP contribution in [0.3, 0.4) is 0 Å². The lowest BCUT2D eigenvalue weighted by atomic mass is 10.0. The SMILES string of the molecule is COc1ccc(NC(=O)/C=C(\C)c2cc3c(C)coc3cc2OC)c(OC)c1. The molecule has 1 amide bonds. The lowest BCUT2D eigenvalue weighted by Gasteiger charge is -2.12. The van der Waals surface area contributed by atoms with Crippen molar-refractivity contribution in [3.8, 4) is 17.2 Å². The summed E-state index contributed by atoms with van der Waals surface area (Å²) in [5.41, 5.74) is 3.93. The zero-order chi connectivity index (χ0) is 20.3. The van der Waals surface area contributed by atoms with E-state index in [1.807, 2.05) is 26.0 Å². The Kier molecular flexibility index (Phi) is 5.59. The van der Waals surface area contributed by atoms with Gasteiger partial charge in [0.2, 0.25) is 5.91 Å². The molecular weight excluding hydrogens is 358 g/mol. The van der Waals surface area contributed by atoms with Crippen LogP contribution in [0.2, 0.25) is 0 Å². The monoisotopic (exact) mass is 381 g/mol. The number of fused-ring (bicyclic) bond motifs is 1. The maximum Gasteiger partial charge on any atom is 0.248 e. The maximum absolute atomic E-state index is 12.6. The first kappa shape index (κ1) is 19.4. The van der Waals surface area contributed by atoms with Gasteiger partial charge in [0.25, 0.3) is 0 Å². The molecule has 0 spiro atoms. The molecule has 0 saturated carbocycles. The van der Waals surface area contributed by atoms with Crippen molar-refractivity contribution in [3.63, 3.8) is 0 Å². The van der Waals surface area contributed by atoms with Gasteiger partial charge in [0.15, 0.2) is 0 Å². The first-order valence-corrected chi connectivity index (χ1v) is 8.74. The minimum absolute atomic E-state index is 0.271. The molecule has 0 aliphatic rings. The molecule has 0 fully saturated rings. The Morgan fingerprint density at radius 2 is 1.79 bits per heavy atom. The van der Waals surface area contributed by atoms with Crippen molar-refractivity contribution in [1.29, 1.82) is 0 Å². The summed E-state index contributed by atoms with van der Waals surface area (Å²) in [6.45, 7) is 3.84. The van der Waals surface area contributed by atoms with Gasteiger partial charge in [0.05, 0.1) is 33.3 Å². The van der Waals surface area contributed by atoms with E-state index in [-0.39, 0.29) is 5.91 Å². The van der Waals surface area contributed by atoms with Crippen LogP contribution < -0.4 is 19.5 Å². The number of hydrogen-bond acceptors (Lipinski definition) is 5. The second-order valence-corrected chi connectivity index (χ2v) is 6.35. The van der Waals surface area contributed by atoms with Crippen molar-refractivity contribution in [2.24, 2.45) is 0 Å².